The molecule has 0 atom stereocenters. The zero-order valence-corrected chi connectivity index (χ0v) is 21.4. The van der Waals surface area contributed by atoms with E-state index < -0.39 is 35.3 Å². The number of carbonyl (C=O) groups is 3. The van der Waals surface area contributed by atoms with E-state index >= 15 is 0 Å². The minimum atomic E-state index is -4.48. The van der Waals surface area contributed by atoms with E-state index in [0.29, 0.717) is 28.3 Å². The van der Waals surface area contributed by atoms with Gasteiger partial charge in [0.2, 0.25) is 5.91 Å². The number of halogens is 3. The van der Waals surface area contributed by atoms with Crippen LogP contribution in [0.25, 0.3) is 11.8 Å². The SMILES string of the molecule is Cc1cccc(C)c1NC(=O)CN1C(=O)S/C(=C\c2cc(C)n(-c3cccc(C(F)(F)F)c3)c2C)C1=O. The number of aryl methyl sites for hydroxylation is 3. The van der Waals surface area contributed by atoms with E-state index in [1.165, 1.54) is 12.1 Å². The first kappa shape index (κ1) is 26.3. The second-order valence-electron chi connectivity index (χ2n) is 8.79. The lowest BCUT2D eigenvalue weighted by molar-refractivity contribution is -0.137. The molecule has 0 radical (unpaired) electrons. The molecule has 6 nitrogen and oxygen atoms in total. The Labute approximate surface area is 216 Å². The van der Waals surface area contributed by atoms with Gasteiger partial charge in [0, 0.05) is 22.8 Å². The van der Waals surface area contributed by atoms with Gasteiger partial charge in [0.15, 0.2) is 0 Å². The first-order chi connectivity index (χ1) is 17.4. The molecule has 0 bridgehead atoms. The summed E-state index contributed by atoms with van der Waals surface area (Å²) >= 11 is 0.717. The van der Waals surface area contributed by atoms with E-state index in [9.17, 15) is 27.6 Å². The Kier molecular flexibility index (Phi) is 7.05. The van der Waals surface area contributed by atoms with Crippen LogP contribution in [0.3, 0.4) is 0 Å². The van der Waals surface area contributed by atoms with Crippen LogP contribution in [0, 0.1) is 27.7 Å². The van der Waals surface area contributed by atoms with E-state index in [2.05, 4.69) is 5.32 Å². The first-order valence-electron chi connectivity index (χ1n) is 11.3. The van der Waals surface area contributed by atoms with Gasteiger partial charge in [-0.1, -0.05) is 24.3 Å². The molecule has 10 heteroatoms. The van der Waals surface area contributed by atoms with Crippen molar-refractivity contribution in [3.8, 4) is 5.69 Å². The number of benzene rings is 2. The third-order valence-corrected chi connectivity index (χ3v) is 7.02. The molecule has 192 valence electrons. The second kappa shape index (κ2) is 9.93. The standard InChI is InChI=1S/C27H24F3N3O3S/c1-15-7-5-8-16(2)24(15)31-23(34)14-32-25(35)22(37-26(32)36)12-19-11-17(3)33(18(19)4)21-10-6-9-20(13-21)27(28,29)30/h5-13H,14H2,1-4H3,(H,31,34)/b22-12-. The van der Waals surface area contributed by atoms with E-state index in [1.54, 1.807) is 30.5 Å². The smallest absolute Gasteiger partial charge is 0.324 e. The summed E-state index contributed by atoms with van der Waals surface area (Å²) in [6.07, 6.45) is -2.95. The van der Waals surface area contributed by atoms with Gasteiger partial charge in [0.25, 0.3) is 11.1 Å². The molecule has 37 heavy (non-hydrogen) atoms. The second-order valence-corrected chi connectivity index (χ2v) is 9.79. The average molecular weight is 528 g/mol. The van der Waals surface area contributed by atoms with E-state index in [-0.39, 0.29) is 4.91 Å². The van der Waals surface area contributed by atoms with Crippen molar-refractivity contribution in [3.63, 3.8) is 0 Å². The Morgan fingerprint density at radius 2 is 1.65 bits per heavy atom. The summed E-state index contributed by atoms with van der Waals surface area (Å²) in [5, 5.41) is 2.20. The quantitative estimate of drug-likeness (QED) is 0.390. The first-order valence-corrected chi connectivity index (χ1v) is 12.2. The Balaban J connectivity index is 1.56. The summed E-state index contributed by atoms with van der Waals surface area (Å²) in [6, 6.07) is 12.3. The van der Waals surface area contributed by atoms with Crippen LogP contribution in [0.4, 0.5) is 23.7 Å². The number of imide groups is 1. The number of nitrogens with zero attached hydrogens (tertiary/aromatic N) is 2. The fourth-order valence-electron chi connectivity index (χ4n) is 4.26. The summed E-state index contributed by atoms with van der Waals surface area (Å²) < 4.78 is 41.3. The maximum atomic E-state index is 13.2. The normalized spacial score (nSPS) is 15.1. The Morgan fingerprint density at radius 1 is 1.00 bits per heavy atom. The summed E-state index contributed by atoms with van der Waals surface area (Å²) in [7, 11) is 0. The molecular weight excluding hydrogens is 503 g/mol. The fraction of sp³-hybridized carbons (Fsp3) is 0.222. The van der Waals surface area contributed by atoms with Gasteiger partial charge in [0.1, 0.15) is 6.54 Å². The average Bonchev–Trinajstić information content (AvgIpc) is 3.25. The van der Waals surface area contributed by atoms with Crippen LogP contribution >= 0.6 is 11.8 Å². The Bertz CT molecular complexity index is 1440. The van der Waals surface area contributed by atoms with Crippen molar-refractivity contribution >= 4 is 40.6 Å². The number of aromatic nitrogens is 1. The summed E-state index contributed by atoms with van der Waals surface area (Å²) in [4.78, 5) is 39.2. The van der Waals surface area contributed by atoms with Crippen molar-refractivity contribution < 1.29 is 27.6 Å². The predicted octanol–water partition coefficient (Wildman–Crippen LogP) is 6.40. The molecule has 1 aromatic heterocycles. The molecule has 3 aromatic rings. The van der Waals surface area contributed by atoms with E-state index in [0.717, 1.165) is 39.9 Å². The molecule has 2 heterocycles. The van der Waals surface area contributed by atoms with Crippen LogP contribution in [0.1, 0.15) is 33.6 Å². The van der Waals surface area contributed by atoms with Gasteiger partial charge < -0.3 is 9.88 Å². The molecule has 0 unspecified atom stereocenters. The molecule has 4 rings (SSSR count). The van der Waals surface area contributed by atoms with E-state index in [1.807, 2.05) is 32.0 Å². The summed E-state index contributed by atoms with van der Waals surface area (Å²) in [5.74, 6) is -1.10. The minimum absolute atomic E-state index is 0.133. The number of carbonyl (C=O) groups excluding carboxylic acids is 3. The van der Waals surface area contributed by atoms with Gasteiger partial charge in [-0.2, -0.15) is 13.2 Å². The maximum absolute atomic E-state index is 13.2. The van der Waals surface area contributed by atoms with Crippen LogP contribution in [0.2, 0.25) is 0 Å². The molecule has 1 aliphatic rings. The van der Waals surface area contributed by atoms with Crippen LogP contribution < -0.4 is 5.32 Å². The van der Waals surface area contributed by atoms with Crippen molar-refractivity contribution in [1.29, 1.82) is 0 Å². The molecule has 1 N–H and O–H groups in total. The molecule has 0 spiro atoms. The number of anilines is 1. The molecule has 2 aromatic carbocycles. The Hall–Kier alpha value is -3.79. The van der Waals surface area contributed by atoms with E-state index in [4.69, 9.17) is 0 Å². The van der Waals surface area contributed by atoms with Crippen LogP contribution in [-0.4, -0.2) is 33.1 Å². The zero-order valence-electron chi connectivity index (χ0n) is 20.6. The molecule has 3 amide bonds. The predicted molar refractivity (Wildman–Crippen MR) is 137 cm³/mol. The lowest BCUT2D eigenvalue weighted by atomic mass is 10.1. The van der Waals surface area contributed by atoms with Gasteiger partial charge in [-0.15, -0.1) is 0 Å². The molecular formula is C27H24F3N3O3S. The van der Waals surface area contributed by atoms with Gasteiger partial charge >= 0.3 is 6.18 Å². The summed E-state index contributed by atoms with van der Waals surface area (Å²) in [5.41, 5.74) is 3.78. The number of rotatable bonds is 5. The lowest BCUT2D eigenvalue weighted by Gasteiger charge is -2.15. The van der Waals surface area contributed by atoms with Crippen molar-refractivity contribution in [1.82, 2.24) is 9.47 Å². The highest BCUT2D eigenvalue weighted by atomic mass is 32.2. The molecule has 1 fully saturated rings. The van der Waals surface area contributed by atoms with Gasteiger partial charge in [0.05, 0.1) is 10.5 Å². The molecule has 0 aliphatic carbocycles. The highest BCUT2D eigenvalue weighted by Gasteiger charge is 2.37. The number of hydrogen-bond donors (Lipinski definition) is 1. The van der Waals surface area contributed by atoms with Gasteiger partial charge in [-0.3, -0.25) is 19.3 Å². The highest BCUT2D eigenvalue weighted by molar-refractivity contribution is 8.18. The van der Waals surface area contributed by atoms with Crippen LogP contribution in [0.5, 0.6) is 0 Å². The number of amides is 3. The fourth-order valence-corrected chi connectivity index (χ4v) is 5.09. The third kappa shape index (κ3) is 5.34. The van der Waals surface area contributed by atoms with Crippen molar-refractivity contribution in [2.45, 2.75) is 33.9 Å². The number of hydrogen-bond acceptors (Lipinski definition) is 4. The number of para-hydroxylation sites is 1. The molecule has 1 aliphatic heterocycles. The van der Waals surface area contributed by atoms with Gasteiger partial charge in [-0.05, 0) is 86.5 Å². The maximum Gasteiger partial charge on any atom is 0.416 e. The number of thioether (sulfide) groups is 1. The monoisotopic (exact) mass is 527 g/mol. The lowest BCUT2D eigenvalue weighted by Crippen LogP contribution is -2.36. The number of nitrogens with one attached hydrogen (secondary N) is 1. The third-order valence-electron chi connectivity index (χ3n) is 6.11. The van der Waals surface area contributed by atoms with Gasteiger partial charge in [-0.25, -0.2) is 0 Å². The van der Waals surface area contributed by atoms with Crippen molar-refractivity contribution in [3.05, 3.63) is 87.1 Å². The molecule has 0 saturated carbocycles. The largest absolute Gasteiger partial charge is 0.416 e. The van der Waals surface area contributed by atoms with Crippen LogP contribution in [0.15, 0.2) is 53.4 Å². The Morgan fingerprint density at radius 3 is 2.30 bits per heavy atom. The highest BCUT2D eigenvalue weighted by Crippen LogP contribution is 2.35. The zero-order chi connectivity index (χ0) is 27.1. The molecule has 1 saturated heterocycles. The van der Waals surface area contributed by atoms with Crippen molar-refractivity contribution in [2.24, 2.45) is 0 Å². The minimum Gasteiger partial charge on any atom is -0.324 e. The number of alkyl halides is 3. The van der Waals surface area contributed by atoms with Crippen molar-refractivity contribution in [2.75, 3.05) is 11.9 Å². The summed E-state index contributed by atoms with van der Waals surface area (Å²) in [6.45, 7) is 6.73. The topological polar surface area (TPSA) is 71.4 Å². The van der Waals surface area contributed by atoms with Crippen LogP contribution in [-0.2, 0) is 15.8 Å².